The predicted molar refractivity (Wildman–Crippen MR) is 83.3 cm³/mol. The van der Waals surface area contributed by atoms with E-state index in [4.69, 9.17) is 0 Å². The third-order valence-electron chi connectivity index (χ3n) is 4.41. The van der Waals surface area contributed by atoms with Gasteiger partial charge in [-0.05, 0) is 45.5 Å². The first kappa shape index (κ1) is 14.2. The summed E-state index contributed by atoms with van der Waals surface area (Å²) in [6, 6.07) is 11.4. The zero-order valence-corrected chi connectivity index (χ0v) is 12.7. The Labute approximate surface area is 126 Å². The Hall–Kier alpha value is -1.72. The quantitative estimate of drug-likeness (QED) is 0.931. The van der Waals surface area contributed by atoms with Crippen LogP contribution in [0.1, 0.15) is 25.6 Å². The summed E-state index contributed by atoms with van der Waals surface area (Å²) in [5.74, 6) is 0.966. The van der Waals surface area contributed by atoms with E-state index in [9.17, 15) is 0 Å². The van der Waals surface area contributed by atoms with Gasteiger partial charge in [-0.2, -0.15) is 0 Å². The van der Waals surface area contributed by atoms with Crippen molar-refractivity contribution in [3.8, 4) is 5.69 Å². The molecule has 2 atom stereocenters. The Morgan fingerprint density at radius 2 is 2.10 bits per heavy atom. The van der Waals surface area contributed by atoms with Crippen LogP contribution >= 0.6 is 0 Å². The third kappa shape index (κ3) is 3.31. The molecule has 0 spiro atoms. The van der Waals surface area contributed by atoms with Gasteiger partial charge >= 0.3 is 0 Å². The maximum absolute atomic E-state index is 4.25. The highest BCUT2D eigenvalue weighted by atomic mass is 15.3. The molecule has 1 aliphatic rings. The van der Waals surface area contributed by atoms with Gasteiger partial charge in [0.05, 0.1) is 6.54 Å². The first-order valence-electron chi connectivity index (χ1n) is 7.62. The second kappa shape index (κ2) is 6.37. The summed E-state index contributed by atoms with van der Waals surface area (Å²) < 4.78 is 2.05. The fraction of sp³-hybridized carbons (Fsp3) is 0.500. The summed E-state index contributed by atoms with van der Waals surface area (Å²) in [5, 5.41) is 11.9. The smallest absolute Gasteiger partial charge is 0.151 e. The molecule has 0 saturated carbocycles. The molecule has 2 aromatic rings. The lowest BCUT2D eigenvalue weighted by Gasteiger charge is -2.35. The number of piperidine rings is 1. The standard InChI is InChI=1S/C16H23N5/c1-13-10-14(8-9-20(13)2)17-11-16-19-18-12-21(16)15-6-4-3-5-7-15/h3-7,12-14,17H,8-11H2,1-2H3. The van der Waals surface area contributed by atoms with Crippen molar-refractivity contribution < 1.29 is 0 Å². The molecule has 112 valence electrons. The van der Waals surface area contributed by atoms with Gasteiger partial charge in [0.2, 0.25) is 0 Å². The van der Waals surface area contributed by atoms with Gasteiger partial charge in [-0.1, -0.05) is 18.2 Å². The highest BCUT2D eigenvalue weighted by molar-refractivity contribution is 5.31. The van der Waals surface area contributed by atoms with Gasteiger partial charge in [-0.15, -0.1) is 10.2 Å². The normalized spacial score (nSPS) is 23.3. The molecule has 1 saturated heterocycles. The molecule has 2 heterocycles. The van der Waals surface area contributed by atoms with E-state index in [1.54, 1.807) is 6.33 Å². The summed E-state index contributed by atoms with van der Waals surface area (Å²) in [5.41, 5.74) is 1.11. The van der Waals surface area contributed by atoms with Crippen LogP contribution in [0.4, 0.5) is 0 Å². The van der Waals surface area contributed by atoms with Crippen molar-refractivity contribution >= 4 is 0 Å². The molecule has 0 amide bonds. The van der Waals surface area contributed by atoms with Crippen molar-refractivity contribution in [1.29, 1.82) is 0 Å². The Morgan fingerprint density at radius 1 is 1.29 bits per heavy atom. The molecular formula is C16H23N5. The molecule has 5 heteroatoms. The van der Waals surface area contributed by atoms with E-state index in [0.717, 1.165) is 24.6 Å². The fourth-order valence-electron chi connectivity index (χ4n) is 2.89. The lowest BCUT2D eigenvalue weighted by Crippen LogP contribution is -2.45. The number of hydrogen-bond donors (Lipinski definition) is 1. The molecule has 3 rings (SSSR count). The van der Waals surface area contributed by atoms with Crippen molar-refractivity contribution in [1.82, 2.24) is 25.0 Å². The number of nitrogens with zero attached hydrogens (tertiary/aromatic N) is 4. The lowest BCUT2D eigenvalue weighted by atomic mass is 9.99. The number of likely N-dealkylation sites (tertiary alicyclic amines) is 1. The topological polar surface area (TPSA) is 46.0 Å². The predicted octanol–water partition coefficient (Wildman–Crippen LogP) is 1.84. The van der Waals surface area contributed by atoms with Crippen LogP contribution in [-0.4, -0.2) is 45.3 Å². The van der Waals surface area contributed by atoms with Crippen molar-refractivity contribution in [3.63, 3.8) is 0 Å². The largest absolute Gasteiger partial charge is 0.307 e. The number of rotatable bonds is 4. The molecule has 0 bridgehead atoms. The van der Waals surface area contributed by atoms with Crippen LogP contribution in [-0.2, 0) is 6.54 Å². The molecule has 0 radical (unpaired) electrons. The monoisotopic (exact) mass is 285 g/mol. The molecule has 1 fully saturated rings. The summed E-state index contributed by atoms with van der Waals surface area (Å²) >= 11 is 0. The first-order valence-corrected chi connectivity index (χ1v) is 7.62. The maximum atomic E-state index is 4.25. The van der Waals surface area contributed by atoms with Crippen molar-refractivity contribution in [2.45, 2.75) is 38.4 Å². The van der Waals surface area contributed by atoms with E-state index in [1.807, 2.05) is 22.8 Å². The number of hydrogen-bond acceptors (Lipinski definition) is 4. The molecule has 1 aromatic carbocycles. The van der Waals surface area contributed by atoms with E-state index in [-0.39, 0.29) is 0 Å². The van der Waals surface area contributed by atoms with Gasteiger partial charge in [-0.3, -0.25) is 4.57 Å². The van der Waals surface area contributed by atoms with Gasteiger partial charge in [0, 0.05) is 17.8 Å². The number of nitrogens with one attached hydrogen (secondary N) is 1. The minimum atomic E-state index is 0.567. The summed E-state index contributed by atoms with van der Waals surface area (Å²) in [6.45, 7) is 4.21. The summed E-state index contributed by atoms with van der Waals surface area (Å²) in [7, 11) is 2.20. The molecule has 21 heavy (non-hydrogen) atoms. The minimum Gasteiger partial charge on any atom is -0.307 e. The van der Waals surface area contributed by atoms with Crippen molar-refractivity contribution in [2.24, 2.45) is 0 Å². The zero-order valence-electron chi connectivity index (χ0n) is 12.7. The van der Waals surface area contributed by atoms with Crippen LogP contribution in [0.5, 0.6) is 0 Å². The maximum Gasteiger partial charge on any atom is 0.151 e. The van der Waals surface area contributed by atoms with Crippen LogP contribution in [0.2, 0.25) is 0 Å². The first-order chi connectivity index (χ1) is 10.2. The Bertz CT molecular complexity index is 565. The van der Waals surface area contributed by atoms with Crippen molar-refractivity contribution in [2.75, 3.05) is 13.6 Å². The van der Waals surface area contributed by atoms with Crippen molar-refractivity contribution in [3.05, 3.63) is 42.5 Å². The summed E-state index contributed by atoms with van der Waals surface area (Å²) in [4.78, 5) is 2.42. The van der Waals surface area contributed by atoms with Crippen LogP contribution in [0.25, 0.3) is 5.69 Å². The molecule has 1 N–H and O–H groups in total. The van der Waals surface area contributed by atoms with Crippen LogP contribution in [0.15, 0.2) is 36.7 Å². The van der Waals surface area contributed by atoms with Crippen LogP contribution in [0, 0.1) is 0 Å². The Morgan fingerprint density at radius 3 is 2.86 bits per heavy atom. The molecular weight excluding hydrogens is 262 g/mol. The SMILES string of the molecule is CC1CC(NCc2nncn2-c2ccccc2)CCN1C. The third-order valence-corrected chi connectivity index (χ3v) is 4.41. The van der Waals surface area contributed by atoms with Gasteiger partial charge in [-0.25, -0.2) is 0 Å². The van der Waals surface area contributed by atoms with Gasteiger partial charge in [0.1, 0.15) is 6.33 Å². The van der Waals surface area contributed by atoms with E-state index in [0.29, 0.717) is 12.1 Å². The highest BCUT2D eigenvalue weighted by Crippen LogP contribution is 2.16. The zero-order chi connectivity index (χ0) is 14.7. The molecule has 5 nitrogen and oxygen atoms in total. The second-order valence-electron chi connectivity index (χ2n) is 5.88. The number of para-hydroxylation sites is 1. The molecule has 0 aliphatic carbocycles. The average molecular weight is 285 g/mol. The van der Waals surface area contributed by atoms with E-state index < -0.39 is 0 Å². The number of benzene rings is 1. The van der Waals surface area contributed by atoms with Gasteiger partial charge < -0.3 is 10.2 Å². The van der Waals surface area contributed by atoms with Crippen LogP contribution in [0.3, 0.4) is 0 Å². The number of aromatic nitrogens is 3. The van der Waals surface area contributed by atoms with Gasteiger partial charge in [0.15, 0.2) is 5.82 Å². The minimum absolute atomic E-state index is 0.567. The van der Waals surface area contributed by atoms with E-state index in [1.165, 1.54) is 12.8 Å². The van der Waals surface area contributed by atoms with E-state index >= 15 is 0 Å². The second-order valence-corrected chi connectivity index (χ2v) is 5.88. The van der Waals surface area contributed by atoms with E-state index in [2.05, 4.69) is 46.5 Å². The van der Waals surface area contributed by atoms with Gasteiger partial charge in [0.25, 0.3) is 0 Å². The fourth-order valence-corrected chi connectivity index (χ4v) is 2.89. The Balaban J connectivity index is 1.63. The Kier molecular flexibility index (Phi) is 4.31. The molecule has 1 aliphatic heterocycles. The lowest BCUT2D eigenvalue weighted by molar-refractivity contribution is 0.167. The summed E-state index contributed by atoms with van der Waals surface area (Å²) in [6.07, 6.45) is 4.17. The average Bonchev–Trinajstić information content (AvgIpc) is 2.98. The molecule has 1 aromatic heterocycles. The molecule has 2 unspecified atom stereocenters. The highest BCUT2D eigenvalue weighted by Gasteiger charge is 2.22. The van der Waals surface area contributed by atoms with Crippen LogP contribution < -0.4 is 5.32 Å².